The van der Waals surface area contributed by atoms with Gasteiger partial charge in [0, 0.05) is 32.5 Å². The minimum atomic E-state index is -1.38. The minimum Gasteiger partial charge on any atom is -0.305 e. The first-order valence-corrected chi connectivity index (χ1v) is 19.2. The van der Waals surface area contributed by atoms with Crippen LogP contribution in [-0.2, 0) is 26.5 Å². The van der Waals surface area contributed by atoms with Crippen molar-refractivity contribution in [3.05, 3.63) is 127 Å². The second-order valence-corrected chi connectivity index (χ2v) is 18.1. The molecule has 0 spiro atoms. The zero-order chi connectivity index (χ0) is 32.3. The van der Waals surface area contributed by atoms with Crippen LogP contribution in [-0.4, -0.2) is 18.0 Å². The maximum absolute atomic E-state index is 8.20. The number of hydrogen-bond acceptors (Lipinski definition) is 2. The van der Waals surface area contributed by atoms with E-state index >= 15 is 0 Å². The molecule has 2 nitrogen and oxygen atoms in total. The molecule has 227 valence electrons. The Bertz CT molecular complexity index is 1770. The molecule has 3 aliphatic carbocycles. The molecule has 3 aromatic carbocycles. The van der Waals surface area contributed by atoms with Gasteiger partial charge in [-0.05, 0) is 71.1 Å². The van der Waals surface area contributed by atoms with Gasteiger partial charge in [-0.3, -0.25) is 0 Å². The summed E-state index contributed by atoms with van der Waals surface area (Å²) in [6.07, 6.45) is 10.9. The number of rotatable bonds is 6. The van der Waals surface area contributed by atoms with Gasteiger partial charge in [-0.1, -0.05) is 86.5 Å². The summed E-state index contributed by atoms with van der Waals surface area (Å²) >= 11 is 0. The maximum atomic E-state index is 8.20. The van der Waals surface area contributed by atoms with Gasteiger partial charge in [-0.15, -0.1) is 71.8 Å². The normalized spacial score (nSPS) is 19.9. The number of fused-ring (bicyclic) bond motifs is 3. The average molecular weight is 774 g/mol. The molecule has 3 fully saturated rings. The van der Waals surface area contributed by atoms with Gasteiger partial charge in [0.05, 0.1) is 12.2 Å². The third kappa shape index (κ3) is 7.91. The summed E-state index contributed by atoms with van der Waals surface area (Å²) in [4.78, 5) is 9.03. The first-order valence-electron chi connectivity index (χ1n) is 17.2. The van der Waals surface area contributed by atoms with Crippen LogP contribution in [0.5, 0.6) is 0 Å². The Labute approximate surface area is 283 Å². The van der Waals surface area contributed by atoms with Crippen LogP contribution < -0.4 is 5.19 Å². The van der Waals surface area contributed by atoms with Crippen LogP contribution in [0.25, 0.3) is 33.6 Å². The first-order chi connectivity index (χ1) is 22.2. The minimum absolute atomic E-state index is 0. The fourth-order valence-electron chi connectivity index (χ4n) is 6.79. The van der Waals surface area contributed by atoms with Crippen molar-refractivity contribution >= 4 is 13.3 Å². The smallest absolute Gasteiger partial charge is 0.0836 e. The molecule has 3 aliphatic rings. The topological polar surface area (TPSA) is 25.8 Å². The molecule has 0 aliphatic heterocycles. The van der Waals surface area contributed by atoms with Gasteiger partial charge in [0.15, 0.2) is 0 Å². The van der Waals surface area contributed by atoms with Crippen LogP contribution in [0.1, 0.15) is 41.8 Å². The van der Waals surface area contributed by atoms with E-state index in [4.69, 9.17) is 9.10 Å². The summed E-state index contributed by atoms with van der Waals surface area (Å²) in [7, 11) is -1.38. The van der Waals surface area contributed by atoms with Crippen LogP contribution in [0.4, 0.5) is 0 Å². The van der Waals surface area contributed by atoms with E-state index in [2.05, 4.69) is 61.2 Å². The molecular formula is C40H42IrN2Si-2. The van der Waals surface area contributed by atoms with E-state index < -0.39 is 8.07 Å². The van der Waals surface area contributed by atoms with Crippen LogP contribution in [0.2, 0.25) is 19.6 Å². The predicted octanol–water partition coefficient (Wildman–Crippen LogP) is 9.68. The van der Waals surface area contributed by atoms with Crippen molar-refractivity contribution in [2.24, 2.45) is 17.8 Å². The molecule has 8 rings (SSSR count). The zero-order valence-electron chi connectivity index (χ0n) is 28.9. The monoisotopic (exact) mass is 774 g/mol. The Kier molecular flexibility index (Phi) is 9.48. The third-order valence-corrected chi connectivity index (χ3v) is 11.1. The molecule has 2 heterocycles. The molecule has 1 unspecified atom stereocenters. The van der Waals surface area contributed by atoms with Gasteiger partial charge in [0.2, 0.25) is 0 Å². The van der Waals surface area contributed by atoms with Crippen LogP contribution in [0.15, 0.2) is 109 Å². The van der Waals surface area contributed by atoms with Gasteiger partial charge in [0.25, 0.3) is 0 Å². The van der Waals surface area contributed by atoms with E-state index in [1.165, 1.54) is 38.5 Å². The molecule has 5 aromatic rings. The predicted molar refractivity (Wildman–Crippen MR) is 183 cm³/mol. The van der Waals surface area contributed by atoms with E-state index in [1.807, 2.05) is 54.6 Å². The van der Waals surface area contributed by atoms with Crippen molar-refractivity contribution in [1.29, 1.82) is 0 Å². The molecule has 0 saturated heterocycles. The zero-order valence-corrected chi connectivity index (χ0v) is 29.3. The van der Waals surface area contributed by atoms with Gasteiger partial charge < -0.3 is 9.97 Å². The molecule has 3 saturated carbocycles. The van der Waals surface area contributed by atoms with Crippen molar-refractivity contribution in [1.82, 2.24) is 9.97 Å². The van der Waals surface area contributed by atoms with Gasteiger partial charge in [-0.25, -0.2) is 0 Å². The summed E-state index contributed by atoms with van der Waals surface area (Å²) in [5, 5.41) is 1.56. The fraction of sp³-hybridized carbons (Fsp3) is 0.300. The average Bonchev–Trinajstić information content (AvgIpc) is 3.08. The number of benzene rings is 3. The van der Waals surface area contributed by atoms with Crippen molar-refractivity contribution in [2.45, 2.75) is 58.2 Å². The molecular weight excluding hydrogens is 729 g/mol. The van der Waals surface area contributed by atoms with Crippen LogP contribution >= 0.6 is 0 Å². The molecule has 2 aromatic heterocycles. The summed E-state index contributed by atoms with van der Waals surface area (Å²) in [6, 6.07) is 33.4. The Morgan fingerprint density at radius 2 is 1.43 bits per heavy atom. The second kappa shape index (κ2) is 14.7. The summed E-state index contributed by atoms with van der Waals surface area (Å²) in [6.45, 7) is 7.36. The first kappa shape index (κ1) is 28.3. The van der Waals surface area contributed by atoms with Crippen molar-refractivity contribution < 1.29 is 24.2 Å². The Balaban J connectivity index is 0.000000183. The molecule has 4 heteroatoms. The van der Waals surface area contributed by atoms with Crippen molar-refractivity contribution in [3.8, 4) is 33.6 Å². The number of hydrogen-bond donors (Lipinski definition) is 0. The van der Waals surface area contributed by atoms with Crippen LogP contribution in [0.3, 0.4) is 0 Å². The SMILES string of the molecule is C[Si](C)(C)c1cnc(-c2[c-]cccc2)cc1CC1CC2CCC1CC2.[2H]c1nc(-c2[c-]cccc2)c([2H])c([2H])c1-c1ccccc1.[Ir]. The van der Waals surface area contributed by atoms with E-state index in [-0.39, 0.29) is 38.4 Å². The maximum Gasteiger partial charge on any atom is 0.0836 e. The van der Waals surface area contributed by atoms with E-state index in [0.717, 1.165) is 34.6 Å². The van der Waals surface area contributed by atoms with Crippen LogP contribution in [0, 0.1) is 29.9 Å². The molecule has 0 amide bonds. The molecule has 1 radical (unpaired) electrons. The fourth-order valence-corrected chi connectivity index (χ4v) is 8.38. The summed E-state index contributed by atoms with van der Waals surface area (Å²) < 4.78 is 24.5. The molecule has 44 heavy (non-hydrogen) atoms. The Morgan fingerprint density at radius 3 is 2.02 bits per heavy atom. The number of aromatic nitrogens is 2. The third-order valence-electron chi connectivity index (χ3n) is 9.07. The Hall–Kier alpha value is -3.17. The second-order valence-electron chi connectivity index (χ2n) is 13.1. The van der Waals surface area contributed by atoms with Crippen molar-refractivity contribution in [3.63, 3.8) is 0 Å². The summed E-state index contributed by atoms with van der Waals surface area (Å²) in [5.74, 6) is 2.88. The quantitative estimate of drug-likeness (QED) is 0.127. The molecule has 1 atom stereocenters. The van der Waals surface area contributed by atoms with Gasteiger partial charge in [0.1, 0.15) is 0 Å². The van der Waals surface area contributed by atoms with E-state index in [9.17, 15) is 0 Å². The van der Waals surface area contributed by atoms with E-state index in [1.54, 1.807) is 22.9 Å². The largest absolute Gasteiger partial charge is 0.305 e. The number of nitrogens with zero attached hydrogens (tertiary/aromatic N) is 2. The standard InChI is InChI=1S/C23H30NSi.C17H12N.Ir/c1-25(2,3)23-16-24-22(19-7-5-4-6-8-19)15-21(23)14-20-13-17-9-11-18(20)12-10-17;1-3-7-14(8-4-1)16-11-12-17(18-13-16)15-9-5-2-6-10-15;/h4-7,15-18,20H,9-14H2,1-3H3;1-9,11-13H;/q2*-1;/i;11D,12D,13D;. The number of pyridine rings is 2. The molecule has 0 N–H and O–H groups in total. The Morgan fingerprint density at radius 1 is 0.773 bits per heavy atom. The summed E-state index contributed by atoms with van der Waals surface area (Å²) in [5.41, 5.74) is 5.88. The van der Waals surface area contributed by atoms with E-state index in [0.29, 0.717) is 16.8 Å². The van der Waals surface area contributed by atoms with Crippen molar-refractivity contribution in [2.75, 3.05) is 0 Å². The molecule has 2 bridgehead atoms. The van der Waals surface area contributed by atoms with Gasteiger partial charge in [-0.2, -0.15) is 0 Å². The van der Waals surface area contributed by atoms with Gasteiger partial charge >= 0.3 is 0 Å².